The summed E-state index contributed by atoms with van der Waals surface area (Å²) in [6.45, 7) is 6.89. The number of hydrogen-bond donors (Lipinski definition) is 2. The minimum atomic E-state index is -0.455. The summed E-state index contributed by atoms with van der Waals surface area (Å²) in [5, 5.41) is 6.07. The van der Waals surface area contributed by atoms with Gasteiger partial charge in [0.2, 0.25) is 0 Å². The number of aryl methyl sites for hydroxylation is 1. The molecular formula is C15H24N4O2. The average Bonchev–Trinajstić information content (AvgIpc) is 2.85. The molecule has 0 saturated heterocycles. The van der Waals surface area contributed by atoms with Crippen LogP contribution in [0.4, 0.5) is 10.6 Å². The van der Waals surface area contributed by atoms with Crippen LogP contribution in [0.15, 0.2) is 6.33 Å². The highest BCUT2D eigenvalue weighted by Crippen LogP contribution is 2.24. The lowest BCUT2D eigenvalue weighted by atomic mass is 10.2. The molecule has 21 heavy (non-hydrogen) atoms. The highest BCUT2D eigenvalue weighted by molar-refractivity contribution is 5.67. The SMILES string of the molecule is CC(C)(C)OC(=O)NCCCNc1ncnc2c1CCC2. The summed E-state index contributed by atoms with van der Waals surface area (Å²) >= 11 is 0. The number of nitrogens with one attached hydrogen (secondary N) is 2. The fourth-order valence-electron chi connectivity index (χ4n) is 2.31. The first-order valence-corrected chi connectivity index (χ1v) is 7.49. The molecule has 0 aliphatic heterocycles. The first-order chi connectivity index (χ1) is 9.96. The zero-order valence-electron chi connectivity index (χ0n) is 13.0. The van der Waals surface area contributed by atoms with Crippen molar-refractivity contribution < 1.29 is 9.53 Å². The van der Waals surface area contributed by atoms with E-state index < -0.39 is 5.60 Å². The Hall–Kier alpha value is -1.85. The van der Waals surface area contributed by atoms with Gasteiger partial charge >= 0.3 is 6.09 Å². The van der Waals surface area contributed by atoms with Crippen LogP contribution in [-0.4, -0.2) is 34.8 Å². The summed E-state index contributed by atoms with van der Waals surface area (Å²) in [5.41, 5.74) is 1.96. The van der Waals surface area contributed by atoms with Gasteiger partial charge in [-0.15, -0.1) is 0 Å². The van der Waals surface area contributed by atoms with Crippen molar-refractivity contribution in [2.45, 2.75) is 52.1 Å². The van der Waals surface area contributed by atoms with Gasteiger partial charge in [0.15, 0.2) is 0 Å². The molecule has 2 rings (SSSR count). The summed E-state index contributed by atoms with van der Waals surface area (Å²) in [5.74, 6) is 0.940. The first kappa shape index (κ1) is 15.5. The first-order valence-electron chi connectivity index (χ1n) is 7.49. The quantitative estimate of drug-likeness (QED) is 0.814. The summed E-state index contributed by atoms with van der Waals surface area (Å²) in [4.78, 5) is 20.1. The van der Waals surface area contributed by atoms with Gasteiger partial charge in [-0.1, -0.05) is 0 Å². The van der Waals surface area contributed by atoms with Gasteiger partial charge in [-0.3, -0.25) is 0 Å². The molecule has 6 nitrogen and oxygen atoms in total. The molecule has 0 spiro atoms. The van der Waals surface area contributed by atoms with Crippen LogP contribution in [0.5, 0.6) is 0 Å². The number of anilines is 1. The second-order valence-electron chi connectivity index (χ2n) is 6.21. The lowest BCUT2D eigenvalue weighted by Crippen LogP contribution is -2.33. The second kappa shape index (κ2) is 6.74. The smallest absolute Gasteiger partial charge is 0.407 e. The van der Waals surface area contributed by atoms with Crippen molar-refractivity contribution in [3.05, 3.63) is 17.6 Å². The van der Waals surface area contributed by atoms with E-state index in [1.54, 1.807) is 6.33 Å². The Kier molecular flexibility index (Phi) is 4.98. The molecule has 1 aliphatic rings. The van der Waals surface area contributed by atoms with Crippen molar-refractivity contribution in [1.29, 1.82) is 0 Å². The topological polar surface area (TPSA) is 76.1 Å². The van der Waals surface area contributed by atoms with E-state index in [2.05, 4.69) is 20.6 Å². The van der Waals surface area contributed by atoms with E-state index in [0.29, 0.717) is 6.54 Å². The van der Waals surface area contributed by atoms with Gasteiger partial charge in [0.25, 0.3) is 0 Å². The molecule has 116 valence electrons. The summed E-state index contributed by atoms with van der Waals surface area (Å²) in [7, 11) is 0. The molecule has 1 aromatic rings. The molecule has 0 saturated carbocycles. The minimum Gasteiger partial charge on any atom is -0.444 e. The predicted octanol–water partition coefficient (Wildman–Crippen LogP) is 2.29. The van der Waals surface area contributed by atoms with Crippen LogP contribution in [0.2, 0.25) is 0 Å². The van der Waals surface area contributed by atoms with Gasteiger partial charge < -0.3 is 15.4 Å². The predicted molar refractivity (Wildman–Crippen MR) is 81.4 cm³/mol. The van der Waals surface area contributed by atoms with Crippen LogP contribution in [0.3, 0.4) is 0 Å². The summed E-state index contributed by atoms with van der Waals surface area (Å²) in [6.07, 6.45) is 5.32. The Labute approximate surface area is 125 Å². The third-order valence-electron chi connectivity index (χ3n) is 3.19. The molecule has 0 fully saturated rings. The number of hydrogen-bond acceptors (Lipinski definition) is 5. The van der Waals surface area contributed by atoms with E-state index in [1.807, 2.05) is 20.8 Å². The molecule has 1 aromatic heterocycles. The molecule has 0 atom stereocenters. The molecule has 0 radical (unpaired) electrons. The van der Waals surface area contributed by atoms with Crippen molar-refractivity contribution in [1.82, 2.24) is 15.3 Å². The van der Waals surface area contributed by atoms with E-state index in [4.69, 9.17) is 4.74 Å². The van der Waals surface area contributed by atoms with E-state index >= 15 is 0 Å². The standard InChI is InChI=1S/C15H24N4O2/c1-15(2,3)21-14(20)17-9-5-8-16-13-11-6-4-7-12(11)18-10-19-13/h10H,4-9H2,1-3H3,(H,17,20)(H,16,18,19). The molecule has 1 amide bonds. The largest absolute Gasteiger partial charge is 0.444 e. The van der Waals surface area contributed by atoms with E-state index in [9.17, 15) is 4.79 Å². The number of rotatable bonds is 5. The number of fused-ring (bicyclic) bond motifs is 1. The average molecular weight is 292 g/mol. The fraction of sp³-hybridized carbons (Fsp3) is 0.667. The van der Waals surface area contributed by atoms with E-state index in [-0.39, 0.29) is 6.09 Å². The third kappa shape index (κ3) is 4.88. The number of alkyl carbamates (subject to hydrolysis) is 1. The van der Waals surface area contributed by atoms with Crippen molar-refractivity contribution in [2.24, 2.45) is 0 Å². The molecule has 2 N–H and O–H groups in total. The number of carbonyl (C=O) groups is 1. The van der Waals surface area contributed by atoms with Gasteiger partial charge in [0, 0.05) is 24.3 Å². The fourth-order valence-corrected chi connectivity index (χ4v) is 2.31. The van der Waals surface area contributed by atoms with Crippen LogP contribution in [0.25, 0.3) is 0 Å². The van der Waals surface area contributed by atoms with Gasteiger partial charge in [-0.05, 0) is 46.5 Å². The van der Waals surface area contributed by atoms with Gasteiger partial charge in [-0.25, -0.2) is 14.8 Å². The van der Waals surface area contributed by atoms with Gasteiger partial charge in [0.1, 0.15) is 17.7 Å². The zero-order valence-corrected chi connectivity index (χ0v) is 13.0. The Morgan fingerprint density at radius 1 is 1.29 bits per heavy atom. The molecule has 6 heteroatoms. The Morgan fingerprint density at radius 2 is 2.10 bits per heavy atom. The Balaban J connectivity index is 1.67. The molecule has 0 aromatic carbocycles. The molecule has 0 bridgehead atoms. The second-order valence-corrected chi connectivity index (χ2v) is 6.21. The van der Waals surface area contributed by atoms with Crippen LogP contribution < -0.4 is 10.6 Å². The molecule has 1 aliphatic carbocycles. The molecule has 0 unspecified atom stereocenters. The number of amides is 1. The van der Waals surface area contributed by atoms with Crippen molar-refractivity contribution in [3.63, 3.8) is 0 Å². The van der Waals surface area contributed by atoms with Crippen LogP contribution in [0.1, 0.15) is 44.9 Å². The highest BCUT2D eigenvalue weighted by Gasteiger charge is 2.17. The summed E-state index contributed by atoms with van der Waals surface area (Å²) in [6, 6.07) is 0. The number of carbonyl (C=O) groups excluding carboxylic acids is 1. The maximum Gasteiger partial charge on any atom is 0.407 e. The van der Waals surface area contributed by atoms with E-state index in [1.165, 1.54) is 11.3 Å². The maximum absolute atomic E-state index is 11.5. The Bertz CT molecular complexity index is 497. The lowest BCUT2D eigenvalue weighted by Gasteiger charge is -2.19. The lowest BCUT2D eigenvalue weighted by molar-refractivity contribution is 0.0528. The molecular weight excluding hydrogens is 268 g/mol. The maximum atomic E-state index is 11.5. The minimum absolute atomic E-state index is 0.370. The third-order valence-corrected chi connectivity index (χ3v) is 3.19. The van der Waals surface area contributed by atoms with Gasteiger partial charge in [-0.2, -0.15) is 0 Å². The van der Waals surface area contributed by atoms with E-state index in [0.717, 1.165) is 38.0 Å². The zero-order chi connectivity index (χ0) is 15.3. The number of ether oxygens (including phenoxy) is 1. The van der Waals surface area contributed by atoms with Crippen molar-refractivity contribution >= 4 is 11.9 Å². The van der Waals surface area contributed by atoms with Gasteiger partial charge in [0.05, 0.1) is 0 Å². The van der Waals surface area contributed by atoms with Crippen LogP contribution in [0, 0.1) is 0 Å². The Morgan fingerprint density at radius 3 is 2.86 bits per heavy atom. The molecule has 1 heterocycles. The number of aromatic nitrogens is 2. The van der Waals surface area contributed by atoms with Crippen LogP contribution >= 0.6 is 0 Å². The monoisotopic (exact) mass is 292 g/mol. The summed E-state index contributed by atoms with van der Waals surface area (Å²) < 4.78 is 5.17. The number of nitrogens with zero attached hydrogens (tertiary/aromatic N) is 2. The highest BCUT2D eigenvalue weighted by atomic mass is 16.6. The van der Waals surface area contributed by atoms with Crippen molar-refractivity contribution in [3.8, 4) is 0 Å². The van der Waals surface area contributed by atoms with Crippen LogP contribution in [-0.2, 0) is 17.6 Å². The normalized spacial score (nSPS) is 13.7. The van der Waals surface area contributed by atoms with Crippen molar-refractivity contribution in [2.75, 3.05) is 18.4 Å².